The lowest BCUT2D eigenvalue weighted by Gasteiger charge is -2.19. The van der Waals surface area contributed by atoms with E-state index in [1.807, 2.05) is 18.2 Å². The number of ether oxygens (including phenoxy) is 1. The highest BCUT2D eigenvalue weighted by atomic mass is 32.2. The highest BCUT2D eigenvalue weighted by Gasteiger charge is 2.25. The molecule has 0 aliphatic carbocycles. The molecule has 0 atom stereocenters. The van der Waals surface area contributed by atoms with Gasteiger partial charge in [-0.25, -0.2) is 8.42 Å². The molecule has 8 nitrogen and oxygen atoms in total. The molecule has 1 aliphatic rings. The van der Waals surface area contributed by atoms with E-state index in [0.717, 1.165) is 41.5 Å². The van der Waals surface area contributed by atoms with Crippen molar-refractivity contribution < 1.29 is 22.7 Å². The van der Waals surface area contributed by atoms with E-state index in [-0.39, 0.29) is 17.0 Å². The van der Waals surface area contributed by atoms with Crippen LogP contribution in [0, 0.1) is 0 Å². The second-order valence-corrected chi connectivity index (χ2v) is 12.1. The van der Waals surface area contributed by atoms with Gasteiger partial charge in [-0.05, 0) is 60.7 Å². The Hall–Kier alpha value is -2.82. The molecule has 1 saturated heterocycles. The minimum absolute atomic E-state index is 0.0728. The second kappa shape index (κ2) is 11.1. The zero-order valence-electron chi connectivity index (χ0n) is 20.8. The summed E-state index contributed by atoms with van der Waals surface area (Å²) in [5, 5.41) is 0. The van der Waals surface area contributed by atoms with Gasteiger partial charge in [0.15, 0.2) is 4.80 Å². The molecule has 10 heteroatoms. The SMILES string of the molecule is COC(=O)Cn1c(=NC(=O)c2ccc(S(=O)(=O)N3CCCCCC3)cc2)sc2cc(C(C)C)ccc21. The quantitative estimate of drug-likeness (QED) is 0.444. The van der Waals surface area contributed by atoms with Gasteiger partial charge in [0.2, 0.25) is 10.0 Å². The fourth-order valence-corrected chi connectivity index (χ4v) is 6.83. The van der Waals surface area contributed by atoms with E-state index in [1.165, 1.54) is 47.0 Å². The number of sulfonamides is 1. The van der Waals surface area contributed by atoms with Crippen molar-refractivity contribution >= 4 is 43.5 Å². The molecule has 3 aromatic rings. The van der Waals surface area contributed by atoms with Crippen LogP contribution in [0.2, 0.25) is 0 Å². The number of aromatic nitrogens is 1. The third-order valence-corrected chi connectivity index (χ3v) is 9.34. The number of fused-ring (bicyclic) bond motifs is 1. The van der Waals surface area contributed by atoms with E-state index in [2.05, 4.69) is 18.8 Å². The first-order chi connectivity index (χ1) is 17.2. The van der Waals surface area contributed by atoms with Gasteiger partial charge in [-0.15, -0.1) is 0 Å². The van der Waals surface area contributed by atoms with Gasteiger partial charge in [-0.1, -0.05) is 44.1 Å². The monoisotopic (exact) mass is 529 g/mol. The largest absolute Gasteiger partial charge is 0.468 e. The average Bonchev–Trinajstić information content (AvgIpc) is 3.03. The number of hydrogen-bond donors (Lipinski definition) is 0. The van der Waals surface area contributed by atoms with E-state index in [0.29, 0.717) is 23.8 Å². The number of thiazole rings is 1. The van der Waals surface area contributed by atoms with Gasteiger partial charge in [0.25, 0.3) is 5.91 Å². The van der Waals surface area contributed by atoms with Crippen LogP contribution in [-0.2, 0) is 26.1 Å². The standard InChI is InChI=1S/C26H31N3O5S2/c1-18(2)20-10-13-22-23(16-20)35-26(29(22)17-24(30)34-3)27-25(31)19-8-11-21(12-9-19)36(32,33)28-14-6-4-5-7-15-28/h8-13,16,18H,4-7,14-15,17H2,1-3H3. The van der Waals surface area contributed by atoms with Crippen molar-refractivity contribution in [1.29, 1.82) is 0 Å². The van der Waals surface area contributed by atoms with Crippen LogP contribution in [0.4, 0.5) is 0 Å². The molecule has 4 rings (SSSR count). The maximum Gasteiger partial charge on any atom is 0.325 e. The Bertz CT molecular complexity index is 1430. The Balaban J connectivity index is 1.67. The minimum atomic E-state index is -3.60. The highest BCUT2D eigenvalue weighted by molar-refractivity contribution is 7.89. The molecule has 1 amide bonds. The summed E-state index contributed by atoms with van der Waals surface area (Å²) in [4.78, 5) is 29.9. The molecule has 2 aromatic carbocycles. The van der Waals surface area contributed by atoms with Crippen LogP contribution < -0.4 is 4.80 Å². The van der Waals surface area contributed by atoms with Gasteiger partial charge in [-0.3, -0.25) is 9.59 Å². The predicted molar refractivity (Wildman–Crippen MR) is 139 cm³/mol. The van der Waals surface area contributed by atoms with Crippen LogP contribution in [0.5, 0.6) is 0 Å². The summed E-state index contributed by atoms with van der Waals surface area (Å²) < 4.78 is 35.0. The number of hydrogen-bond acceptors (Lipinski definition) is 6. The van der Waals surface area contributed by atoms with E-state index in [9.17, 15) is 18.0 Å². The number of amides is 1. The van der Waals surface area contributed by atoms with Crippen molar-refractivity contribution in [2.45, 2.75) is 56.9 Å². The maximum absolute atomic E-state index is 13.0. The van der Waals surface area contributed by atoms with Crippen molar-refractivity contribution in [3.05, 3.63) is 58.4 Å². The molecule has 0 N–H and O–H groups in total. The lowest BCUT2D eigenvalue weighted by atomic mass is 10.0. The lowest BCUT2D eigenvalue weighted by molar-refractivity contribution is -0.141. The minimum Gasteiger partial charge on any atom is -0.468 e. The van der Waals surface area contributed by atoms with Crippen molar-refractivity contribution in [2.75, 3.05) is 20.2 Å². The summed E-state index contributed by atoms with van der Waals surface area (Å²) in [6.45, 7) is 5.16. The van der Waals surface area contributed by atoms with Crippen molar-refractivity contribution in [3.8, 4) is 0 Å². The molecule has 0 unspecified atom stereocenters. The fourth-order valence-electron chi connectivity index (χ4n) is 4.23. The zero-order valence-corrected chi connectivity index (χ0v) is 22.4. The second-order valence-electron chi connectivity index (χ2n) is 9.19. The summed E-state index contributed by atoms with van der Waals surface area (Å²) in [7, 11) is -2.28. The first kappa shape index (κ1) is 26.2. The van der Waals surface area contributed by atoms with Crippen LogP contribution in [-0.4, -0.2) is 49.4 Å². The summed E-state index contributed by atoms with van der Waals surface area (Å²) in [6, 6.07) is 11.9. The Morgan fingerprint density at radius 3 is 2.31 bits per heavy atom. The molecule has 0 spiro atoms. The first-order valence-corrected chi connectivity index (χ1v) is 14.4. The maximum atomic E-state index is 13.0. The number of nitrogens with zero attached hydrogens (tertiary/aromatic N) is 3. The molecular formula is C26H31N3O5S2. The van der Waals surface area contributed by atoms with Gasteiger partial charge >= 0.3 is 5.97 Å². The normalized spacial score (nSPS) is 15.8. The Morgan fingerprint density at radius 2 is 1.69 bits per heavy atom. The van der Waals surface area contributed by atoms with E-state index in [4.69, 9.17) is 4.74 Å². The van der Waals surface area contributed by atoms with E-state index in [1.54, 1.807) is 4.57 Å². The smallest absolute Gasteiger partial charge is 0.325 e. The molecule has 1 aliphatic heterocycles. The predicted octanol–water partition coefficient (Wildman–Crippen LogP) is 4.31. The van der Waals surface area contributed by atoms with Crippen molar-refractivity contribution in [2.24, 2.45) is 4.99 Å². The number of methoxy groups -OCH3 is 1. The summed E-state index contributed by atoms with van der Waals surface area (Å²) in [5.41, 5.74) is 2.21. The number of esters is 1. The highest BCUT2D eigenvalue weighted by Crippen LogP contribution is 2.24. The molecule has 0 radical (unpaired) electrons. The van der Waals surface area contributed by atoms with Crippen LogP contribution >= 0.6 is 11.3 Å². The number of rotatable bonds is 6. The van der Waals surface area contributed by atoms with Gasteiger partial charge < -0.3 is 9.30 Å². The van der Waals surface area contributed by atoms with Crippen molar-refractivity contribution in [3.63, 3.8) is 0 Å². The van der Waals surface area contributed by atoms with E-state index < -0.39 is 21.9 Å². The molecule has 0 bridgehead atoms. The van der Waals surface area contributed by atoms with Crippen molar-refractivity contribution in [1.82, 2.24) is 8.87 Å². The first-order valence-electron chi connectivity index (χ1n) is 12.1. The Morgan fingerprint density at radius 1 is 1.03 bits per heavy atom. The summed E-state index contributed by atoms with van der Waals surface area (Å²) in [5.74, 6) is -0.626. The van der Waals surface area contributed by atoms with Gasteiger partial charge in [-0.2, -0.15) is 9.30 Å². The van der Waals surface area contributed by atoms with Crippen LogP contribution in [0.15, 0.2) is 52.4 Å². The third-order valence-electron chi connectivity index (χ3n) is 6.39. The van der Waals surface area contributed by atoms with Gasteiger partial charge in [0.1, 0.15) is 6.54 Å². The van der Waals surface area contributed by atoms with Crippen LogP contribution in [0.3, 0.4) is 0 Å². The topological polar surface area (TPSA) is 98.0 Å². The van der Waals surface area contributed by atoms with Gasteiger partial charge in [0, 0.05) is 18.7 Å². The third kappa shape index (κ3) is 5.61. The molecule has 1 aromatic heterocycles. The molecular weight excluding hydrogens is 498 g/mol. The Kier molecular flexibility index (Phi) is 8.07. The Labute approximate surface area is 215 Å². The summed E-state index contributed by atoms with van der Waals surface area (Å²) in [6.07, 6.45) is 3.78. The number of carbonyl (C=O) groups is 2. The molecule has 0 saturated carbocycles. The fraction of sp³-hybridized carbons (Fsp3) is 0.423. The van der Waals surface area contributed by atoms with Gasteiger partial charge in [0.05, 0.1) is 22.2 Å². The number of carbonyl (C=O) groups excluding carboxylic acids is 2. The molecule has 36 heavy (non-hydrogen) atoms. The molecule has 192 valence electrons. The van der Waals surface area contributed by atoms with E-state index >= 15 is 0 Å². The molecule has 2 heterocycles. The lowest BCUT2D eigenvalue weighted by Crippen LogP contribution is -2.31. The van der Waals surface area contributed by atoms with Crippen LogP contribution in [0.25, 0.3) is 10.2 Å². The average molecular weight is 530 g/mol. The van der Waals surface area contributed by atoms with Crippen LogP contribution in [0.1, 0.15) is 61.4 Å². The summed E-state index contributed by atoms with van der Waals surface area (Å²) >= 11 is 1.32. The number of benzene rings is 2. The molecule has 1 fully saturated rings. The zero-order chi connectivity index (χ0) is 25.9.